The highest BCUT2D eigenvalue weighted by Crippen LogP contribution is 2.36. The Morgan fingerprint density at radius 3 is 2.71 bits per heavy atom. The number of ketones is 1. The summed E-state index contributed by atoms with van der Waals surface area (Å²) < 4.78 is 0. The highest BCUT2D eigenvalue weighted by atomic mass is 16.1. The average Bonchev–Trinajstić information content (AvgIpc) is 2.24. The van der Waals surface area contributed by atoms with Gasteiger partial charge in [0.25, 0.3) is 0 Å². The van der Waals surface area contributed by atoms with Gasteiger partial charge in [-0.2, -0.15) is 0 Å². The first kappa shape index (κ1) is 12.3. The minimum absolute atomic E-state index is 0.171. The van der Waals surface area contributed by atoms with Crippen molar-refractivity contribution in [3.8, 4) is 0 Å². The third kappa shape index (κ3) is 3.18. The fourth-order valence-electron chi connectivity index (χ4n) is 2.30. The van der Waals surface area contributed by atoms with Crippen LogP contribution in [0, 0.1) is 5.92 Å². The maximum absolute atomic E-state index is 11.6. The van der Waals surface area contributed by atoms with E-state index >= 15 is 0 Å². The molecule has 0 unspecified atom stereocenters. The van der Waals surface area contributed by atoms with E-state index < -0.39 is 0 Å². The summed E-state index contributed by atoms with van der Waals surface area (Å²) >= 11 is 0. The molecule has 0 radical (unpaired) electrons. The van der Waals surface area contributed by atoms with Crippen LogP contribution in [0.2, 0.25) is 0 Å². The summed E-state index contributed by atoms with van der Waals surface area (Å²) in [5, 5.41) is 0. The SMILES string of the molecule is CC(C)C(=O)CCc1cccc(C2CCC2)c1. The van der Waals surface area contributed by atoms with Crippen LogP contribution in [-0.4, -0.2) is 5.78 Å². The maximum atomic E-state index is 11.6. The first-order valence-corrected chi connectivity index (χ1v) is 6.78. The molecule has 2 rings (SSSR count). The molecule has 0 heterocycles. The first-order chi connectivity index (χ1) is 8.16. The van der Waals surface area contributed by atoms with Crippen LogP contribution >= 0.6 is 0 Å². The summed E-state index contributed by atoms with van der Waals surface area (Å²) in [4.78, 5) is 11.6. The fraction of sp³-hybridized carbons (Fsp3) is 0.562. The Labute approximate surface area is 104 Å². The summed E-state index contributed by atoms with van der Waals surface area (Å²) in [6, 6.07) is 8.83. The van der Waals surface area contributed by atoms with E-state index in [1.54, 1.807) is 0 Å². The molecule has 1 aromatic carbocycles. The second kappa shape index (κ2) is 5.48. The third-order valence-corrected chi connectivity index (χ3v) is 3.83. The maximum Gasteiger partial charge on any atom is 0.135 e. The molecule has 0 atom stereocenters. The lowest BCUT2D eigenvalue weighted by molar-refractivity contribution is -0.121. The number of carbonyl (C=O) groups is 1. The lowest BCUT2D eigenvalue weighted by Crippen LogP contribution is -2.10. The molecule has 1 nitrogen and oxygen atoms in total. The van der Waals surface area contributed by atoms with Crippen molar-refractivity contribution in [1.82, 2.24) is 0 Å². The molecule has 0 bridgehead atoms. The molecule has 17 heavy (non-hydrogen) atoms. The molecule has 1 fully saturated rings. The molecule has 1 saturated carbocycles. The summed E-state index contributed by atoms with van der Waals surface area (Å²) in [6.45, 7) is 3.96. The van der Waals surface area contributed by atoms with Crippen LogP contribution < -0.4 is 0 Å². The first-order valence-electron chi connectivity index (χ1n) is 6.78. The number of hydrogen-bond donors (Lipinski definition) is 0. The fourth-order valence-corrected chi connectivity index (χ4v) is 2.30. The van der Waals surface area contributed by atoms with Crippen molar-refractivity contribution < 1.29 is 4.79 Å². The van der Waals surface area contributed by atoms with Crippen molar-refractivity contribution in [2.75, 3.05) is 0 Å². The zero-order valence-corrected chi connectivity index (χ0v) is 10.9. The van der Waals surface area contributed by atoms with Gasteiger partial charge in [-0.05, 0) is 36.3 Å². The number of hydrogen-bond acceptors (Lipinski definition) is 1. The van der Waals surface area contributed by atoms with Crippen LogP contribution in [0.5, 0.6) is 0 Å². The van der Waals surface area contributed by atoms with Crippen molar-refractivity contribution >= 4 is 5.78 Å². The minimum atomic E-state index is 0.171. The molecule has 0 saturated heterocycles. The molecule has 0 aromatic heterocycles. The van der Waals surface area contributed by atoms with Crippen LogP contribution in [0.15, 0.2) is 24.3 Å². The number of rotatable bonds is 5. The quantitative estimate of drug-likeness (QED) is 0.744. The third-order valence-electron chi connectivity index (χ3n) is 3.83. The van der Waals surface area contributed by atoms with E-state index in [4.69, 9.17) is 0 Å². The second-order valence-corrected chi connectivity index (χ2v) is 5.49. The van der Waals surface area contributed by atoms with Crippen molar-refractivity contribution in [2.45, 2.75) is 51.9 Å². The Kier molecular flexibility index (Phi) is 3.98. The molecule has 0 N–H and O–H groups in total. The molecular weight excluding hydrogens is 208 g/mol. The normalized spacial score (nSPS) is 15.9. The number of aryl methyl sites for hydroxylation is 1. The average molecular weight is 230 g/mol. The summed E-state index contributed by atoms with van der Waals surface area (Å²) in [5.41, 5.74) is 2.80. The van der Waals surface area contributed by atoms with Gasteiger partial charge in [0.1, 0.15) is 5.78 Å². The Balaban J connectivity index is 1.94. The summed E-state index contributed by atoms with van der Waals surface area (Å²) in [7, 11) is 0. The van der Waals surface area contributed by atoms with E-state index in [0.717, 1.165) is 12.3 Å². The van der Waals surface area contributed by atoms with E-state index in [2.05, 4.69) is 24.3 Å². The van der Waals surface area contributed by atoms with Crippen LogP contribution in [0.1, 0.15) is 56.6 Å². The lowest BCUT2D eigenvalue weighted by Gasteiger charge is -2.26. The van der Waals surface area contributed by atoms with Crippen molar-refractivity contribution in [3.05, 3.63) is 35.4 Å². The van der Waals surface area contributed by atoms with Crippen molar-refractivity contribution in [1.29, 1.82) is 0 Å². The summed E-state index contributed by atoms with van der Waals surface area (Å²) in [5.74, 6) is 1.33. The van der Waals surface area contributed by atoms with Gasteiger partial charge in [0.05, 0.1) is 0 Å². The van der Waals surface area contributed by atoms with E-state index in [9.17, 15) is 4.79 Å². The van der Waals surface area contributed by atoms with Gasteiger partial charge in [-0.15, -0.1) is 0 Å². The highest BCUT2D eigenvalue weighted by Gasteiger charge is 2.19. The molecule has 92 valence electrons. The van der Waals surface area contributed by atoms with E-state index in [1.165, 1.54) is 30.4 Å². The van der Waals surface area contributed by atoms with Crippen LogP contribution in [-0.2, 0) is 11.2 Å². The number of carbonyl (C=O) groups excluding carboxylic acids is 1. The highest BCUT2D eigenvalue weighted by molar-refractivity contribution is 5.80. The van der Waals surface area contributed by atoms with Gasteiger partial charge in [0, 0.05) is 12.3 Å². The van der Waals surface area contributed by atoms with Gasteiger partial charge in [0.2, 0.25) is 0 Å². The number of benzene rings is 1. The van der Waals surface area contributed by atoms with Crippen LogP contribution in [0.3, 0.4) is 0 Å². The Morgan fingerprint density at radius 1 is 1.35 bits per heavy atom. The zero-order chi connectivity index (χ0) is 12.3. The van der Waals surface area contributed by atoms with Gasteiger partial charge >= 0.3 is 0 Å². The summed E-state index contributed by atoms with van der Waals surface area (Å²) in [6.07, 6.45) is 5.65. The van der Waals surface area contributed by atoms with Gasteiger partial charge in [-0.25, -0.2) is 0 Å². The molecule has 1 aromatic rings. The largest absolute Gasteiger partial charge is 0.299 e. The molecule has 0 spiro atoms. The minimum Gasteiger partial charge on any atom is -0.299 e. The van der Waals surface area contributed by atoms with E-state index in [0.29, 0.717) is 12.2 Å². The second-order valence-electron chi connectivity index (χ2n) is 5.49. The molecule has 0 aliphatic heterocycles. The molecule has 1 heteroatoms. The molecule has 0 amide bonds. The van der Waals surface area contributed by atoms with Crippen molar-refractivity contribution in [2.24, 2.45) is 5.92 Å². The molecular formula is C16H22O. The monoisotopic (exact) mass is 230 g/mol. The standard InChI is InChI=1S/C16H22O/c1-12(2)16(17)10-9-13-5-3-8-15(11-13)14-6-4-7-14/h3,5,8,11-12,14H,4,6-7,9-10H2,1-2H3. The van der Waals surface area contributed by atoms with Gasteiger partial charge in [0.15, 0.2) is 0 Å². The van der Waals surface area contributed by atoms with Gasteiger partial charge in [-0.3, -0.25) is 4.79 Å². The number of Topliss-reactive ketones (excluding diaryl/α,β-unsaturated/α-hetero) is 1. The topological polar surface area (TPSA) is 17.1 Å². The Bertz CT molecular complexity index is 388. The lowest BCUT2D eigenvalue weighted by atomic mass is 9.79. The molecule has 1 aliphatic rings. The Hall–Kier alpha value is -1.11. The van der Waals surface area contributed by atoms with Gasteiger partial charge in [-0.1, -0.05) is 44.5 Å². The van der Waals surface area contributed by atoms with E-state index in [-0.39, 0.29) is 5.92 Å². The van der Waals surface area contributed by atoms with E-state index in [1.807, 2.05) is 13.8 Å². The zero-order valence-electron chi connectivity index (χ0n) is 10.9. The predicted molar refractivity (Wildman–Crippen MR) is 71.2 cm³/mol. The van der Waals surface area contributed by atoms with Crippen molar-refractivity contribution in [3.63, 3.8) is 0 Å². The van der Waals surface area contributed by atoms with Crippen LogP contribution in [0.4, 0.5) is 0 Å². The van der Waals surface area contributed by atoms with Gasteiger partial charge < -0.3 is 0 Å². The molecule has 1 aliphatic carbocycles. The Morgan fingerprint density at radius 2 is 2.12 bits per heavy atom. The predicted octanol–water partition coefficient (Wildman–Crippen LogP) is 4.11. The van der Waals surface area contributed by atoms with Crippen LogP contribution in [0.25, 0.3) is 0 Å². The smallest absolute Gasteiger partial charge is 0.135 e.